The van der Waals surface area contributed by atoms with E-state index in [4.69, 9.17) is 33.2 Å². The lowest BCUT2D eigenvalue weighted by Crippen LogP contribution is -2.41. The highest BCUT2D eigenvalue weighted by Gasteiger charge is 2.25. The van der Waals surface area contributed by atoms with Gasteiger partial charge in [0.1, 0.15) is 23.4 Å². The first-order valence-corrected chi connectivity index (χ1v) is 15.2. The van der Waals surface area contributed by atoms with Gasteiger partial charge in [-0.1, -0.05) is 73.5 Å². The molecule has 0 radical (unpaired) electrons. The molecule has 2 heterocycles. The van der Waals surface area contributed by atoms with Crippen molar-refractivity contribution in [2.45, 2.75) is 57.5 Å². The molecule has 2 aromatic heterocycles. The third-order valence-corrected chi connectivity index (χ3v) is 8.20. The Morgan fingerprint density at radius 3 is 2.50 bits per heavy atom. The topological polar surface area (TPSA) is 104 Å². The van der Waals surface area contributed by atoms with Gasteiger partial charge in [0.2, 0.25) is 11.9 Å². The number of amides is 1. The van der Waals surface area contributed by atoms with Crippen molar-refractivity contribution >= 4 is 40.9 Å². The molecule has 4 N–H and O–H groups in total. The van der Waals surface area contributed by atoms with Crippen molar-refractivity contribution in [3.63, 3.8) is 0 Å². The van der Waals surface area contributed by atoms with E-state index in [0.29, 0.717) is 53.1 Å². The Balaban J connectivity index is 1.33. The standard InChI is InChI=1S/C32H36Cl2N6O2/c33-25-11-10-24(27(34)19-25)21-36-31(42)28(18-23-6-2-1-3-7-23)37-29-20-30(40-16-4-5-17-40)39-32(38-29)35-15-14-22-8-12-26(41)13-9-22/h4-5,8-13,16-17,19-20,23,28,41H,1-3,6-7,14-15,18,21H2,(H,36,42)(H2,35,37,38,39). The van der Waals surface area contributed by atoms with Gasteiger partial charge in [-0.15, -0.1) is 0 Å². The molecular formula is C32H36Cl2N6O2. The van der Waals surface area contributed by atoms with E-state index in [0.717, 1.165) is 30.4 Å². The van der Waals surface area contributed by atoms with Crippen LogP contribution in [-0.2, 0) is 17.8 Å². The fraction of sp³-hybridized carbons (Fsp3) is 0.344. The van der Waals surface area contributed by atoms with Crippen molar-refractivity contribution < 1.29 is 9.90 Å². The second-order valence-corrected chi connectivity index (χ2v) is 11.6. The number of hydrogen-bond acceptors (Lipinski definition) is 6. The minimum atomic E-state index is -0.476. The highest BCUT2D eigenvalue weighted by molar-refractivity contribution is 6.35. The summed E-state index contributed by atoms with van der Waals surface area (Å²) < 4.78 is 1.91. The number of aromatic hydroxyl groups is 1. The third kappa shape index (κ3) is 8.39. The number of benzene rings is 2. The van der Waals surface area contributed by atoms with Gasteiger partial charge < -0.3 is 25.6 Å². The molecule has 10 heteroatoms. The average molecular weight is 608 g/mol. The van der Waals surface area contributed by atoms with Crippen LogP contribution in [-0.4, -0.2) is 38.1 Å². The number of aromatic nitrogens is 3. The Morgan fingerprint density at radius 1 is 1.00 bits per heavy atom. The molecule has 1 aliphatic rings. The summed E-state index contributed by atoms with van der Waals surface area (Å²) >= 11 is 12.4. The SMILES string of the molecule is O=C(NCc1ccc(Cl)cc1Cl)C(CC1CCCCC1)Nc1cc(-n2cccc2)nc(NCCc2ccc(O)cc2)n1. The van der Waals surface area contributed by atoms with Crippen LogP contribution in [0.5, 0.6) is 5.75 Å². The maximum atomic E-state index is 13.6. The molecule has 1 unspecified atom stereocenters. The average Bonchev–Trinajstić information content (AvgIpc) is 3.53. The fourth-order valence-electron chi connectivity index (χ4n) is 5.32. The first-order valence-electron chi connectivity index (χ1n) is 14.5. The lowest BCUT2D eigenvalue weighted by molar-refractivity contribution is -0.122. The Labute approximate surface area is 256 Å². The van der Waals surface area contributed by atoms with E-state index < -0.39 is 6.04 Å². The molecule has 1 saturated carbocycles. The van der Waals surface area contributed by atoms with Crippen molar-refractivity contribution in [2.24, 2.45) is 5.92 Å². The van der Waals surface area contributed by atoms with Gasteiger partial charge in [0.05, 0.1) is 0 Å². The van der Waals surface area contributed by atoms with E-state index in [1.807, 2.05) is 53.4 Å². The number of hydrogen-bond donors (Lipinski definition) is 4. The van der Waals surface area contributed by atoms with Crippen LogP contribution < -0.4 is 16.0 Å². The normalized spacial score (nSPS) is 14.3. The molecular weight excluding hydrogens is 571 g/mol. The molecule has 4 aromatic rings. The molecule has 5 rings (SSSR count). The van der Waals surface area contributed by atoms with Crippen LogP contribution in [0, 0.1) is 5.92 Å². The van der Waals surface area contributed by atoms with E-state index in [2.05, 4.69) is 16.0 Å². The maximum absolute atomic E-state index is 13.6. The largest absolute Gasteiger partial charge is 0.508 e. The zero-order valence-electron chi connectivity index (χ0n) is 23.4. The van der Waals surface area contributed by atoms with E-state index in [9.17, 15) is 9.90 Å². The molecule has 8 nitrogen and oxygen atoms in total. The number of carbonyl (C=O) groups excluding carboxylic acids is 1. The number of anilines is 2. The molecule has 1 aliphatic carbocycles. The van der Waals surface area contributed by atoms with E-state index >= 15 is 0 Å². The van der Waals surface area contributed by atoms with Crippen LogP contribution in [0.3, 0.4) is 0 Å². The molecule has 220 valence electrons. The number of halogens is 2. The molecule has 2 aromatic carbocycles. The van der Waals surface area contributed by atoms with Crippen LogP contribution >= 0.6 is 23.2 Å². The third-order valence-electron chi connectivity index (χ3n) is 7.62. The minimum Gasteiger partial charge on any atom is -0.508 e. The monoisotopic (exact) mass is 606 g/mol. The maximum Gasteiger partial charge on any atom is 0.242 e. The fourth-order valence-corrected chi connectivity index (χ4v) is 5.80. The first-order chi connectivity index (χ1) is 20.4. The van der Waals surface area contributed by atoms with Crippen LogP contribution in [0.4, 0.5) is 11.8 Å². The zero-order chi connectivity index (χ0) is 29.3. The number of phenolic OH excluding ortho intramolecular Hbond substituents is 1. The number of carbonyl (C=O) groups is 1. The minimum absolute atomic E-state index is 0.102. The van der Waals surface area contributed by atoms with Gasteiger partial charge in [0, 0.05) is 41.6 Å². The Morgan fingerprint density at radius 2 is 1.76 bits per heavy atom. The highest BCUT2D eigenvalue weighted by Crippen LogP contribution is 2.29. The second kappa shape index (κ2) is 14.4. The van der Waals surface area contributed by atoms with Crippen molar-refractivity contribution in [3.8, 4) is 11.6 Å². The van der Waals surface area contributed by atoms with Gasteiger partial charge in [-0.3, -0.25) is 4.79 Å². The van der Waals surface area contributed by atoms with Gasteiger partial charge in [0.15, 0.2) is 0 Å². The summed E-state index contributed by atoms with van der Waals surface area (Å²) in [4.78, 5) is 23.1. The molecule has 0 saturated heterocycles. The zero-order valence-corrected chi connectivity index (χ0v) is 24.9. The highest BCUT2D eigenvalue weighted by atomic mass is 35.5. The molecule has 1 fully saturated rings. The van der Waals surface area contributed by atoms with Crippen molar-refractivity contribution in [1.29, 1.82) is 0 Å². The van der Waals surface area contributed by atoms with Gasteiger partial charge in [-0.2, -0.15) is 9.97 Å². The number of nitrogens with zero attached hydrogens (tertiary/aromatic N) is 3. The second-order valence-electron chi connectivity index (χ2n) is 10.8. The summed E-state index contributed by atoms with van der Waals surface area (Å²) in [5.41, 5.74) is 1.90. The molecule has 0 spiro atoms. The Hall–Kier alpha value is -3.75. The molecule has 0 bridgehead atoms. The summed E-state index contributed by atoms with van der Waals surface area (Å²) in [5, 5.41) is 20.5. The predicted molar refractivity (Wildman–Crippen MR) is 169 cm³/mol. The van der Waals surface area contributed by atoms with E-state index in [-0.39, 0.29) is 11.7 Å². The Kier molecular flexibility index (Phi) is 10.2. The summed E-state index contributed by atoms with van der Waals surface area (Å²) in [6.45, 7) is 0.910. The number of rotatable bonds is 12. The molecule has 1 amide bonds. The first kappa shape index (κ1) is 29.7. The summed E-state index contributed by atoms with van der Waals surface area (Å²) in [6.07, 6.45) is 11.2. The summed E-state index contributed by atoms with van der Waals surface area (Å²) in [5.74, 6) is 2.33. The van der Waals surface area contributed by atoms with E-state index in [1.165, 1.54) is 19.3 Å². The molecule has 1 atom stereocenters. The van der Waals surface area contributed by atoms with Crippen molar-refractivity contribution in [2.75, 3.05) is 17.2 Å². The van der Waals surface area contributed by atoms with Crippen LogP contribution in [0.1, 0.15) is 49.7 Å². The smallest absolute Gasteiger partial charge is 0.242 e. The van der Waals surface area contributed by atoms with Gasteiger partial charge in [0.25, 0.3) is 0 Å². The lowest BCUT2D eigenvalue weighted by Gasteiger charge is -2.27. The predicted octanol–water partition coefficient (Wildman–Crippen LogP) is 7.00. The van der Waals surface area contributed by atoms with Gasteiger partial charge >= 0.3 is 0 Å². The summed E-state index contributed by atoms with van der Waals surface area (Å²) in [6, 6.07) is 17.7. The van der Waals surface area contributed by atoms with Crippen LogP contribution in [0.15, 0.2) is 73.1 Å². The van der Waals surface area contributed by atoms with Gasteiger partial charge in [-0.25, -0.2) is 0 Å². The Bertz CT molecular complexity index is 1460. The molecule has 42 heavy (non-hydrogen) atoms. The number of phenols is 1. The molecule has 0 aliphatic heterocycles. The van der Waals surface area contributed by atoms with Gasteiger partial charge in [-0.05, 0) is 66.3 Å². The number of nitrogens with one attached hydrogen (secondary N) is 3. The van der Waals surface area contributed by atoms with Crippen molar-refractivity contribution in [3.05, 3.63) is 94.2 Å². The van der Waals surface area contributed by atoms with E-state index in [1.54, 1.807) is 24.3 Å². The lowest BCUT2D eigenvalue weighted by atomic mass is 9.84. The summed E-state index contributed by atoms with van der Waals surface area (Å²) in [7, 11) is 0. The quantitative estimate of drug-likeness (QED) is 0.138. The van der Waals surface area contributed by atoms with Crippen molar-refractivity contribution in [1.82, 2.24) is 19.9 Å². The van der Waals surface area contributed by atoms with Crippen LogP contribution in [0.25, 0.3) is 5.82 Å². The van der Waals surface area contributed by atoms with Crippen LogP contribution in [0.2, 0.25) is 10.0 Å².